The van der Waals surface area contributed by atoms with Gasteiger partial charge >= 0.3 is 5.97 Å². The lowest BCUT2D eigenvalue weighted by Gasteiger charge is -2.29. The molecule has 4 nitrogen and oxygen atoms in total. The summed E-state index contributed by atoms with van der Waals surface area (Å²) in [6.45, 7) is 2.78. The number of likely N-dealkylation sites (N-methyl/N-ethyl adjacent to an activating group) is 1. The normalized spacial score (nSPS) is 21.9. The number of aliphatic hydroxyl groups is 1. The van der Waals surface area contributed by atoms with Crippen LogP contribution in [0.3, 0.4) is 0 Å². The van der Waals surface area contributed by atoms with Gasteiger partial charge in [0.2, 0.25) is 0 Å². The zero-order valence-corrected chi connectivity index (χ0v) is 9.57. The Bertz CT molecular complexity index is 224. The quantitative estimate of drug-likeness (QED) is 0.716. The average Bonchev–Trinajstić information content (AvgIpc) is 2.50. The molecule has 0 aromatic rings. The second kappa shape index (κ2) is 4.94. The van der Waals surface area contributed by atoms with E-state index in [0.29, 0.717) is 13.1 Å². The maximum absolute atomic E-state index is 10.7. The van der Waals surface area contributed by atoms with Crippen molar-refractivity contribution in [2.75, 3.05) is 20.1 Å². The standard InChI is InChI=1S/C11H21NO3/c1-9(10(13)14)7-12(2)8-11(15)5-3-4-6-11/h9,15H,3-8H2,1-2H3,(H,13,14). The van der Waals surface area contributed by atoms with E-state index in [1.165, 1.54) is 0 Å². The van der Waals surface area contributed by atoms with Gasteiger partial charge in [0.05, 0.1) is 11.5 Å². The Morgan fingerprint density at radius 2 is 2.00 bits per heavy atom. The lowest BCUT2D eigenvalue weighted by atomic mass is 10.0. The monoisotopic (exact) mass is 215 g/mol. The van der Waals surface area contributed by atoms with Crippen molar-refractivity contribution < 1.29 is 15.0 Å². The highest BCUT2D eigenvalue weighted by Gasteiger charge is 2.32. The van der Waals surface area contributed by atoms with E-state index < -0.39 is 11.6 Å². The number of aliphatic carboxylic acids is 1. The van der Waals surface area contributed by atoms with Gasteiger partial charge < -0.3 is 15.1 Å². The first-order chi connectivity index (χ1) is 6.93. The fourth-order valence-corrected chi connectivity index (χ4v) is 2.30. The number of carboxylic acid groups (broad SMARTS) is 1. The molecule has 0 aromatic carbocycles. The van der Waals surface area contributed by atoms with Crippen molar-refractivity contribution in [3.05, 3.63) is 0 Å². The van der Waals surface area contributed by atoms with Crippen molar-refractivity contribution in [3.8, 4) is 0 Å². The molecule has 0 bridgehead atoms. The van der Waals surface area contributed by atoms with Crippen molar-refractivity contribution in [3.63, 3.8) is 0 Å². The molecule has 1 aliphatic carbocycles. The van der Waals surface area contributed by atoms with E-state index in [0.717, 1.165) is 25.7 Å². The smallest absolute Gasteiger partial charge is 0.307 e. The molecule has 0 spiro atoms. The number of hydrogen-bond donors (Lipinski definition) is 2. The van der Waals surface area contributed by atoms with Crippen LogP contribution < -0.4 is 0 Å². The van der Waals surface area contributed by atoms with Gasteiger partial charge in [0, 0.05) is 13.1 Å². The van der Waals surface area contributed by atoms with Gasteiger partial charge in [0.15, 0.2) is 0 Å². The summed E-state index contributed by atoms with van der Waals surface area (Å²) in [6, 6.07) is 0. The van der Waals surface area contributed by atoms with Crippen molar-refractivity contribution >= 4 is 5.97 Å². The molecule has 1 atom stereocenters. The zero-order chi connectivity index (χ0) is 11.5. The fourth-order valence-electron chi connectivity index (χ4n) is 2.30. The van der Waals surface area contributed by atoms with E-state index >= 15 is 0 Å². The van der Waals surface area contributed by atoms with Crippen LogP contribution in [0.1, 0.15) is 32.6 Å². The molecule has 88 valence electrons. The van der Waals surface area contributed by atoms with Crippen LogP contribution in [0.2, 0.25) is 0 Å². The van der Waals surface area contributed by atoms with Gasteiger partial charge in [-0.15, -0.1) is 0 Å². The zero-order valence-electron chi connectivity index (χ0n) is 9.57. The molecule has 1 fully saturated rings. The lowest BCUT2D eigenvalue weighted by Crippen LogP contribution is -2.41. The van der Waals surface area contributed by atoms with E-state index in [9.17, 15) is 9.90 Å². The summed E-state index contributed by atoms with van der Waals surface area (Å²) in [7, 11) is 1.87. The van der Waals surface area contributed by atoms with Crippen LogP contribution in [0.4, 0.5) is 0 Å². The highest BCUT2D eigenvalue weighted by atomic mass is 16.4. The van der Waals surface area contributed by atoms with Crippen LogP contribution >= 0.6 is 0 Å². The van der Waals surface area contributed by atoms with Crippen molar-refractivity contribution in [2.45, 2.75) is 38.2 Å². The molecule has 1 rings (SSSR count). The fraction of sp³-hybridized carbons (Fsp3) is 0.909. The summed E-state index contributed by atoms with van der Waals surface area (Å²) in [5.74, 6) is -1.15. The summed E-state index contributed by atoms with van der Waals surface area (Å²) in [6.07, 6.45) is 3.86. The molecule has 0 aromatic heterocycles. The second-order valence-corrected chi connectivity index (χ2v) is 4.87. The summed E-state index contributed by atoms with van der Waals surface area (Å²) in [5, 5.41) is 18.9. The molecule has 1 aliphatic rings. The van der Waals surface area contributed by atoms with Gasteiger partial charge in [-0.25, -0.2) is 0 Å². The molecule has 0 radical (unpaired) electrons. The van der Waals surface area contributed by atoms with E-state index in [4.69, 9.17) is 5.11 Å². The van der Waals surface area contributed by atoms with E-state index in [2.05, 4.69) is 0 Å². The Hall–Kier alpha value is -0.610. The van der Waals surface area contributed by atoms with Gasteiger partial charge in [-0.05, 0) is 19.9 Å². The van der Waals surface area contributed by atoms with Crippen LogP contribution in [0.25, 0.3) is 0 Å². The van der Waals surface area contributed by atoms with Crippen molar-refractivity contribution in [2.24, 2.45) is 5.92 Å². The van der Waals surface area contributed by atoms with Crippen molar-refractivity contribution in [1.29, 1.82) is 0 Å². The SMILES string of the molecule is CC(CN(C)CC1(O)CCCC1)C(=O)O. The molecule has 0 amide bonds. The summed E-state index contributed by atoms with van der Waals surface area (Å²) in [4.78, 5) is 12.6. The first-order valence-corrected chi connectivity index (χ1v) is 5.57. The van der Waals surface area contributed by atoms with Crippen LogP contribution in [-0.4, -0.2) is 46.8 Å². The van der Waals surface area contributed by atoms with Crippen LogP contribution in [-0.2, 0) is 4.79 Å². The van der Waals surface area contributed by atoms with Crippen LogP contribution in [0.15, 0.2) is 0 Å². The Labute approximate surface area is 90.9 Å². The number of rotatable bonds is 5. The highest BCUT2D eigenvalue weighted by molar-refractivity contribution is 5.69. The Balaban J connectivity index is 2.34. The first kappa shape index (κ1) is 12.5. The molecule has 4 heteroatoms. The Kier molecular flexibility index (Phi) is 4.11. The Morgan fingerprint density at radius 1 is 1.47 bits per heavy atom. The largest absolute Gasteiger partial charge is 0.481 e. The highest BCUT2D eigenvalue weighted by Crippen LogP contribution is 2.29. The third-order valence-electron chi connectivity index (χ3n) is 3.11. The molecule has 15 heavy (non-hydrogen) atoms. The van der Waals surface area contributed by atoms with Gasteiger partial charge in [0.1, 0.15) is 0 Å². The van der Waals surface area contributed by atoms with Crippen molar-refractivity contribution in [1.82, 2.24) is 4.90 Å². The minimum Gasteiger partial charge on any atom is -0.481 e. The minimum absolute atomic E-state index is 0.375. The lowest BCUT2D eigenvalue weighted by molar-refractivity contribution is -0.141. The van der Waals surface area contributed by atoms with E-state index in [1.54, 1.807) is 6.92 Å². The number of nitrogens with zero attached hydrogens (tertiary/aromatic N) is 1. The third-order valence-corrected chi connectivity index (χ3v) is 3.11. The molecular formula is C11H21NO3. The van der Waals surface area contributed by atoms with E-state index in [1.807, 2.05) is 11.9 Å². The predicted octanol–water partition coefficient (Wildman–Crippen LogP) is 0.944. The maximum atomic E-state index is 10.7. The topological polar surface area (TPSA) is 60.8 Å². The van der Waals surface area contributed by atoms with Crippen LogP contribution in [0, 0.1) is 5.92 Å². The summed E-state index contributed by atoms with van der Waals surface area (Å²) >= 11 is 0. The molecule has 2 N–H and O–H groups in total. The predicted molar refractivity (Wildman–Crippen MR) is 57.7 cm³/mol. The molecule has 1 unspecified atom stereocenters. The van der Waals surface area contributed by atoms with Gasteiger partial charge in [-0.3, -0.25) is 4.79 Å². The van der Waals surface area contributed by atoms with Crippen LogP contribution in [0.5, 0.6) is 0 Å². The number of hydrogen-bond acceptors (Lipinski definition) is 3. The third kappa shape index (κ3) is 3.80. The first-order valence-electron chi connectivity index (χ1n) is 5.57. The number of carboxylic acids is 1. The van der Waals surface area contributed by atoms with E-state index in [-0.39, 0.29) is 5.92 Å². The van der Waals surface area contributed by atoms with Gasteiger partial charge in [-0.2, -0.15) is 0 Å². The molecule has 1 saturated carbocycles. The molecule has 0 aliphatic heterocycles. The Morgan fingerprint density at radius 3 is 2.47 bits per heavy atom. The minimum atomic E-state index is -0.778. The molecule has 0 saturated heterocycles. The molecule has 0 heterocycles. The summed E-state index contributed by atoms with van der Waals surface area (Å²) < 4.78 is 0. The summed E-state index contributed by atoms with van der Waals surface area (Å²) in [5.41, 5.74) is -0.576. The molecular weight excluding hydrogens is 194 g/mol. The van der Waals surface area contributed by atoms with Gasteiger partial charge in [0.25, 0.3) is 0 Å². The number of carbonyl (C=O) groups is 1. The van der Waals surface area contributed by atoms with Gasteiger partial charge in [-0.1, -0.05) is 19.8 Å². The second-order valence-electron chi connectivity index (χ2n) is 4.87. The average molecular weight is 215 g/mol. The maximum Gasteiger partial charge on any atom is 0.307 e.